The maximum absolute atomic E-state index is 13.4. The van der Waals surface area contributed by atoms with Gasteiger partial charge in [0.25, 0.3) is 5.56 Å². The van der Waals surface area contributed by atoms with Crippen LogP contribution in [0.25, 0.3) is 0 Å². The molecule has 10 heteroatoms. The van der Waals surface area contributed by atoms with E-state index in [9.17, 15) is 14.7 Å². The van der Waals surface area contributed by atoms with E-state index in [2.05, 4.69) is 0 Å². The Hall–Kier alpha value is -3.12. The SMILES string of the molecule is COCOCC1(OCc2ccccc2)C[C@H](n2cc(C)c(=O)n(COCc3ccccc3)c2=O)O[C@@H]1CO. The Balaban J connectivity index is 1.58. The molecule has 1 fully saturated rings. The molecule has 3 aromatic rings. The van der Waals surface area contributed by atoms with Gasteiger partial charge in [0.1, 0.15) is 31.5 Å². The molecule has 1 aliphatic heterocycles. The summed E-state index contributed by atoms with van der Waals surface area (Å²) in [5.74, 6) is 0. The summed E-state index contributed by atoms with van der Waals surface area (Å²) in [5.41, 5.74) is 0.144. The zero-order valence-electron chi connectivity index (χ0n) is 21.7. The van der Waals surface area contributed by atoms with Gasteiger partial charge < -0.3 is 28.8 Å². The van der Waals surface area contributed by atoms with Crippen LogP contribution in [0, 0.1) is 6.92 Å². The quantitative estimate of drug-likeness (QED) is 0.267. The molecule has 0 radical (unpaired) electrons. The minimum Gasteiger partial charge on any atom is -0.394 e. The first-order chi connectivity index (χ1) is 18.5. The van der Waals surface area contributed by atoms with E-state index >= 15 is 0 Å². The summed E-state index contributed by atoms with van der Waals surface area (Å²) in [6.07, 6.45) is 0.0917. The van der Waals surface area contributed by atoms with Crippen LogP contribution in [0.4, 0.5) is 0 Å². The summed E-state index contributed by atoms with van der Waals surface area (Å²) in [5, 5.41) is 10.2. The zero-order chi connectivity index (χ0) is 27.0. The lowest BCUT2D eigenvalue weighted by Gasteiger charge is -2.32. The number of aliphatic hydroxyl groups is 1. The Morgan fingerprint density at radius 1 is 1.00 bits per heavy atom. The van der Waals surface area contributed by atoms with Gasteiger partial charge in [-0.25, -0.2) is 9.36 Å². The van der Waals surface area contributed by atoms with Crippen molar-refractivity contribution in [2.45, 2.75) is 51.2 Å². The van der Waals surface area contributed by atoms with Crippen molar-refractivity contribution in [2.75, 3.05) is 27.1 Å². The lowest BCUT2D eigenvalue weighted by atomic mass is 9.95. The molecule has 0 saturated carbocycles. The van der Waals surface area contributed by atoms with Gasteiger partial charge in [-0.1, -0.05) is 60.7 Å². The van der Waals surface area contributed by atoms with E-state index in [0.29, 0.717) is 5.56 Å². The predicted octanol–water partition coefficient (Wildman–Crippen LogP) is 2.35. The molecular formula is C28H34N2O8. The molecular weight excluding hydrogens is 492 g/mol. The second-order valence-electron chi connectivity index (χ2n) is 9.26. The summed E-state index contributed by atoms with van der Waals surface area (Å²) < 4.78 is 31.3. The van der Waals surface area contributed by atoms with Crippen molar-refractivity contribution in [1.29, 1.82) is 0 Å². The molecule has 1 aromatic heterocycles. The molecule has 2 aromatic carbocycles. The second-order valence-corrected chi connectivity index (χ2v) is 9.26. The third kappa shape index (κ3) is 6.47. The van der Waals surface area contributed by atoms with Crippen molar-refractivity contribution in [3.8, 4) is 0 Å². The van der Waals surface area contributed by atoms with Crippen molar-refractivity contribution in [3.05, 3.63) is 104 Å². The first kappa shape index (κ1) is 27.9. The molecule has 1 saturated heterocycles. The average Bonchev–Trinajstić information content (AvgIpc) is 3.31. The number of aromatic nitrogens is 2. The maximum atomic E-state index is 13.4. The molecule has 204 valence electrons. The fourth-order valence-corrected chi connectivity index (χ4v) is 4.51. The minimum absolute atomic E-state index is 0.0297. The van der Waals surface area contributed by atoms with Gasteiger partial charge in [-0.05, 0) is 18.1 Å². The van der Waals surface area contributed by atoms with E-state index < -0.39 is 29.2 Å². The van der Waals surface area contributed by atoms with E-state index in [1.807, 2.05) is 60.7 Å². The number of hydrogen-bond acceptors (Lipinski definition) is 8. The van der Waals surface area contributed by atoms with Crippen molar-refractivity contribution >= 4 is 0 Å². The molecule has 4 rings (SSSR count). The van der Waals surface area contributed by atoms with Gasteiger partial charge in [0, 0.05) is 25.3 Å². The van der Waals surface area contributed by atoms with Gasteiger partial charge in [0.2, 0.25) is 0 Å². The Morgan fingerprint density at radius 3 is 2.29 bits per heavy atom. The molecule has 1 N–H and O–H groups in total. The van der Waals surface area contributed by atoms with Gasteiger partial charge in [0.05, 0.1) is 26.4 Å². The Labute approximate surface area is 220 Å². The fraction of sp³-hybridized carbons (Fsp3) is 0.429. The average molecular weight is 527 g/mol. The molecule has 1 unspecified atom stereocenters. The number of rotatable bonds is 13. The van der Waals surface area contributed by atoms with Crippen LogP contribution in [-0.4, -0.2) is 53.1 Å². The first-order valence-electron chi connectivity index (χ1n) is 12.4. The summed E-state index contributed by atoms with van der Waals surface area (Å²) in [6, 6.07) is 19.1. The zero-order valence-corrected chi connectivity index (χ0v) is 21.7. The Kier molecular flexibility index (Phi) is 9.62. The highest BCUT2D eigenvalue weighted by molar-refractivity contribution is 5.15. The molecule has 0 bridgehead atoms. The highest BCUT2D eigenvalue weighted by Gasteiger charge is 2.51. The first-order valence-corrected chi connectivity index (χ1v) is 12.4. The smallest absolute Gasteiger partial charge is 0.335 e. The molecule has 0 aliphatic carbocycles. The lowest BCUT2D eigenvalue weighted by molar-refractivity contribution is -0.169. The number of methoxy groups -OCH3 is 1. The van der Waals surface area contributed by atoms with Gasteiger partial charge in [-0.2, -0.15) is 0 Å². The summed E-state index contributed by atoms with van der Waals surface area (Å²) in [7, 11) is 1.51. The molecule has 0 spiro atoms. The fourth-order valence-electron chi connectivity index (χ4n) is 4.51. The van der Waals surface area contributed by atoms with Crippen LogP contribution < -0.4 is 11.2 Å². The Morgan fingerprint density at radius 2 is 1.66 bits per heavy atom. The van der Waals surface area contributed by atoms with Crippen LogP contribution in [0.5, 0.6) is 0 Å². The van der Waals surface area contributed by atoms with Gasteiger partial charge in [-0.3, -0.25) is 9.36 Å². The lowest BCUT2D eigenvalue weighted by Crippen LogP contribution is -2.47. The van der Waals surface area contributed by atoms with E-state index in [0.717, 1.165) is 15.7 Å². The van der Waals surface area contributed by atoms with Crippen LogP contribution in [0.15, 0.2) is 76.4 Å². The van der Waals surface area contributed by atoms with E-state index in [1.54, 1.807) is 6.92 Å². The van der Waals surface area contributed by atoms with Gasteiger partial charge in [0.15, 0.2) is 0 Å². The second kappa shape index (κ2) is 13.1. The standard InChI is InChI=1S/C28H34N2O8/c1-21-14-29(27(33)30(26(21)32)19-35-16-22-9-5-3-6-10-22)25-13-28(18-36-20-34-2,24(15-31)38-25)37-17-23-11-7-4-8-12-23/h3-12,14,24-25,31H,13,15-20H2,1-2H3/t24-,25-,28?/m1/s1. The van der Waals surface area contributed by atoms with Gasteiger partial charge >= 0.3 is 5.69 Å². The third-order valence-corrected chi connectivity index (χ3v) is 6.52. The Bertz CT molecular complexity index is 1280. The number of ether oxygens (including phenoxy) is 5. The number of nitrogens with zero attached hydrogens (tertiary/aromatic N) is 2. The largest absolute Gasteiger partial charge is 0.394 e. The molecule has 0 amide bonds. The number of hydrogen-bond donors (Lipinski definition) is 1. The van der Waals surface area contributed by atoms with Crippen LogP contribution >= 0.6 is 0 Å². The topological polar surface area (TPSA) is 110 Å². The van der Waals surface area contributed by atoms with E-state index in [-0.39, 0.29) is 46.4 Å². The van der Waals surface area contributed by atoms with Crippen molar-refractivity contribution in [2.24, 2.45) is 0 Å². The molecule has 10 nitrogen and oxygen atoms in total. The summed E-state index contributed by atoms with van der Waals surface area (Å²) >= 11 is 0. The van der Waals surface area contributed by atoms with Crippen LogP contribution in [0.2, 0.25) is 0 Å². The monoisotopic (exact) mass is 526 g/mol. The number of aliphatic hydroxyl groups excluding tert-OH is 1. The predicted molar refractivity (Wildman–Crippen MR) is 138 cm³/mol. The normalized spacial score (nSPS) is 21.1. The summed E-state index contributed by atoms with van der Waals surface area (Å²) in [4.78, 5) is 26.2. The van der Waals surface area contributed by atoms with E-state index in [4.69, 9.17) is 23.7 Å². The summed E-state index contributed by atoms with van der Waals surface area (Å²) in [6.45, 7) is 1.67. The highest BCUT2D eigenvalue weighted by Crippen LogP contribution is 2.40. The third-order valence-electron chi connectivity index (χ3n) is 6.52. The highest BCUT2D eigenvalue weighted by atomic mass is 16.7. The van der Waals surface area contributed by atoms with E-state index in [1.165, 1.54) is 17.9 Å². The molecule has 38 heavy (non-hydrogen) atoms. The van der Waals surface area contributed by atoms with Crippen LogP contribution in [-0.2, 0) is 43.6 Å². The number of aryl methyl sites for hydroxylation is 1. The van der Waals surface area contributed by atoms with Crippen molar-refractivity contribution in [1.82, 2.24) is 9.13 Å². The minimum atomic E-state index is -1.06. The maximum Gasteiger partial charge on any atom is 0.335 e. The van der Waals surface area contributed by atoms with Crippen LogP contribution in [0.1, 0.15) is 29.3 Å². The van der Waals surface area contributed by atoms with Crippen molar-refractivity contribution < 1.29 is 28.8 Å². The molecule has 2 heterocycles. The van der Waals surface area contributed by atoms with Gasteiger partial charge in [-0.15, -0.1) is 0 Å². The molecule has 1 aliphatic rings. The molecule has 3 atom stereocenters. The van der Waals surface area contributed by atoms with Crippen molar-refractivity contribution in [3.63, 3.8) is 0 Å². The van der Waals surface area contributed by atoms with Crippen LogP contribution in [0.3, 0.4) is 0 Å². The number of benzene rings is 2.